The lowest BCUT2D eigenvalue weighted by atomic mass is 16.0. The second-order valence-electron chi connectivity index (χ2n) is 0.201. The highest BCUT2D eigenvalue weighted by molar-refractivity contribution is 5.75. The normalized spacial score (nSPS) is 4.00. The van der Waals surface area contributed by atoms with Gasteiger partial charge in [-0.05, 0) is 3.44 Å². The molecule has 0 unspecified atom stereocenters. The zero-order valence-electron chi connectivity index (χ0n) is 3.64. The maximum absolute atomic E-state index is 8.68. The number of hydrogen-bond donors (Lipinski definition) is 1. The molecule has 0 aromatic rings. The summed E-state index contributed by atoms with van der Waals surface area (Å²) in [6.07, 6.45) is 0. The van der Waals surface area contributed by atoms with Crippen LogP contribution in [0.5, 0.6) is 0 Å². The summed E-state index contributed by atoms with van der Waals surface area (Å²) in [5.41, 5.74) is 0. The van der Waals surface area contributed by atoms with Crippen LogP contribution >= 0.6 is 0 Å². The van der Waals surface area contributed by atoms with Crippen molar-refractivity contribution in [3.05, 3.63) is 0 Å². The van der Waals surface area contributed by atoms with E-state index in [1.54, 1.807) is 0 Å². The standard InChI is InChI=1S/HIO3.Mg.4H2O.2H/c2-1(3)4;;;;;;;/h2H;;4*1H2;;. The molecule has 9 heavy (non-hydrogen) atoms. The summed E-state index contributed by atoms with van der Waals surface area (Å²) in [5.74, 6) is 0. The maximum Gasteiger partial charge on any atom is 0.503 e. The molecular weight excluding hydrogens is 263 g/mol. The van der Waals surface area contributed by atoms with Crippen molar-refractivity contribution in [3.63, 3.8) is 0 Å². The van der Waals surface area contributed by atoms with Crippen LogP contribution in [-0.2, 0) is 0 Å². The molecule has 0 heterocycles. The SMILES string of the molecule is O.O.O.O.[MgH2].[O-][I+2]([O-])O. The zero-order chi connectivity index (χ0) is 3.58. The lowest BCUT2D eigenvalue weighted by Gasteiger charge is -1.67. The molecule has 0 saturated carbocycles. The molecule has 0 aromatic carbocycles. The van der Waals surface area contributed by atoms with Crippen molar-refractivity contribution in [2.24, 2.45) is 0 Å². The molecule has 0 rings (SSSR count). The molecule has 0 aliphatic rings. The lowest BCUT2D eigenvalue weighted by molar-refractivity contribution is -1.63. The Kier molecular flexibility index (Phi) is 190. The van der Waals surface area contributed by atoms with Crippen LogP contribution in [0, 0.1) is 0 Å². The Morgan fingerprint density at radius 3 is 0.889 bits per heavy atom. The first-order valence-electron chi connectivity index (χ1n) is 0.478. The van der Waals surface area contributed by atoms with Crippen molar-refractivity contribution < 1.29 is 53.3 Å². The van der Waals surface area contributed by atoms with Gasteiger partial charge < -0.3 is 28.8 Å². The van der Waals surface area contributed by atoms with E-state index in [-0.39, 0.29) is 45.0 Å². The molecule has 0 aliphatic heterocycles. The van der Waals surface area contributed by atoms with Crippen LogP contribution in [0.2, 0.25) is 0 Å². The second-order valence-corrected chi connectivity index (χ2v) is 1.35. The molecule has 0 fully saturated rings. The topological polar surface area (TPSA) is 192 Å². The fraction of sp³-hybridized carbons (Fsp3) is 0. The van der Waals surface area contributed by atoms with Crippen molar-refractivity contribution >= 4 is 23.1 Å². The summed E-state index contributed by atoms with van der Waals surface area (Å²) >= 11 is -3.76. The quantitative estimate of drug-likeness (QED) is 0.339. The molecule has 62 valence electrons. The Morgan fingerprint density at radius 1 is 0.889 bits per heavy atom. The minimum Gasteiger partial charge on any atom is -0.412 e. The minimum atomic E-state index is -3.76. The van der Waals surface area contributed by atoms with Crippen molar-refractivity contribution in [2.75, 3.05) is 0 Å². The van der Waals surface area contributed by atoms with E-state index in [0.717, 1.165) is 0 Å². The number of hydrogen-bond acceptors (Lipinski definition) is 3. The fourth-order valence-electron chi connectivity index (χ4n) is 0. The molecule has 0 atom stereocenters. The van der Waals surface area contributed by atoms with Gasteiger partial charge in [0.2, 0.25) is 0 Å². The number of halogens is 1. The van der Waals surface area contributed by atoms with Gasteiger partial charge in [-0.2, -0.15) is 0 Å². The molecule has 9 heteroatoms. The van der Waals surface area contributed by atoms with E-state index in [0.29, 0.717) is 0 Å². The average molecular weight is 274 g/mol. The third-order valence-electron chi connectivity index (χ3n) is 0. The van der Waals surface area contributed by atoms with E-state index < -0.39 is 21.1 Å². The van der Waals surface area contributed by atoms with E-state index >= 15 is 0 Å². The van der Waals surface area contributed by atoms with Gasteiger partial charge in [0, 0.05) is 0 Å². The van der Waals surface area contributed by atoms with E-state index in [1.807, 2.05) is 0 Å². The first-order chi connectivity index (χ1) is 1.73. The van der Waals surface area contributed by atoms with Gasteiger partial charge in [-0.25, -0.2) is 0 Å². The van der Waals surface area contributed by atoms with Gasteiger partial charge in [0.25, 0.3) is 0 Å². The molecule has 9 N–H and O–H groups in total. The molecular formula is H11IMgO7. The van der Waals surface area contributed by atoms with Crippen LogP contribution in [0.3, 0.4) is 0 Å². The molecule has 0 radical (unpaired) electrons. The van der Waals surface area contributed by atoms with Crippen LogP contribution in [0.1, 0.15) is 0 Å². The molecule has 0 amide bonds. The average Bonchev–Trinajstić information content (AvgIpc) is 0.811. The molecule has 7 nitrogen and oxygen atoms in total. The third-order valence-corrected chi connectivity index (χ3v) is 0. The fourth-order valence-corrected chi connectivity index (χ4v) is 0. The van der Waals surface area contributed by atoms with Gasteiger partial charge in [0.15, 0.2) is 0 Å². The predicted octanol–water partition coefficient (Wildman–Crippen LogP) is -10.1. The van der Waals surface area contributed by atoms with Crippen molar-refractivity contribution in [2.45, 2.75) is 0 Å². The molecule has 0 aromatic heterocycles. The Hall–Kier alpha value is 1.22. The van der Waals surface area contributed by atoms with Crippen molar-refractivity contribution in [1.29, 1.82) is 0 Å². The highest BCUT2D eigenvalue weighted by Gasteiger charge is 1.89. The Morgan fingerprint density at radius 2 is 0.889 bits per heavy atom. The van der Waals surface area contributed by atoms with Gasteiger partial charge >= 0.3 is 44.1 Å². The summed E-state index contributed by atoms with van der Waals surface area (Å²) in [6, 6.07) is 0. The summed E-state index contributed by atoms with van der Waals surface area (Å²) in [7, 11) is 0. The van der Waals surface area contributed by atoms with Crippen LogP contribution in [0.4, 0.5) is 0 Å². The summed E-state index contributed by atoms with van der Waals surface area (Å²) in [6.45, 7) is 0. The Bertz CT molecular complexity index is 13.6. The lowest BCUT2D eigenvalue weighted by Crippen LogP contribution is -3.98. The van der Waals surface area contributed by atoms with Gasteiger partial charge in [0.1, 0.15) is 0 Å². The van der Waals surface area contributed by atoms with Crippen LogP contribution < -0.4 is 27.9 Å². The molecule has 0 spiro atoms. The molecule has 0 aliphatic carbocycles. The smallest absolute Gasteiger partial charge is 0.412 e. The van der Waals surface area contributed by atoms with E-state index in [1.165, 1.54) is 0 Å². The van der Waals surface area contributed by atoms with Gasteiger partial charge in [-0.15, -0.1) is 0 Å². The van der Waals surface area contributed by atoms with E-state index in [2.05, 4.69) is 0 Å². The first kappa shape index (κ1) is 48.8. The van der Waals surface area contributed by atoms with Gasteiger partial charge in [-0.3, -0.25) is 0 Å². The molecule has 0 saturated heterocycles. The monoisotopic (exact) mass is 274 g/mol. The second kappa shape index (κ2) is 35.0. The van der Waals surface area contributed by atoms with Crippen molar-refractivity contribution in [1.82, 2.24) is 0 Å². The van der Waals surface area contributed by atoms with Crippen molar-refractivity contribution in [3.8, 4) is 0 Å². The van der Waals surface area contributed by atoms with E-state index in [4.69, 9.17) is 10.3 Å². The largest absolute Gasteiger partial charge is 0.503 e. The minimum absolute atomic E-state index is 0. The summed E-state index contributed by atoms with van der Waals surface area (Å²) in [4.78, 5) is 0. The summed E-state index contributed by atoms with van der Waals surface area (Å²) < 4.78 is 24.5. The Balaban J connectivity index is -0.00000000450. The van der Waals surface area contributed by atoms with Gasteiger partial charge in [0.05, 0.1) is 0 Å². The highest BCUT2D eigenvalue weighted by Crippen LogP contribution is 0.251. The predicted molar refractivity (Wildman–Crippen MR) is 25.2 cm³/mol. The van der Waals surface area contributed by atoms with Crippen LogP contribution in [-0.4, -0.2) is 48.4 Å². The summed E-state index contributed by atoms with van der Waals surface area (Å²) in [5, 5.41) is 0. The van der Waals surface area contributed by atoms with Gasteiger partial charge in [-0.1, -0.05) is 0 Å². The third kappa shape index (κ3) is 324. The highest BCUT2D eigenvalue weighted by atomic mass is 127. The van der Waals surface area contributed by atoms with E-state index in [9.17, 15) is 0 Å². The Labute approximate surface area is 76.1 Å². The van der Waals surface area contributed by atoms with Crippen LogP contribution in [0.25, 0.3) is 0 Å². The first-order valence-corrected chi connectivity index (χ1v) is 3.20. The zero-order valence-corrected chi connectivity index (χ0v) is 5.80. The maximum atomic E-state index is 8.68. The van der Waals surface area contributed by atoms with Crippen LogP contribution in [0.15, 0.2) is 0 Å². The molecule has 0 bridgehead atoms. The number of rotatable bonds is 0.